The summed E-state index contributed by atoms with van der Waals surface area (Å²) in [6, 6.07) is 6.93. The molecule has 4 aromatic rings. The number of nitrogens with zero attached hydrogens (tertiary/aromatic N) is 7. The summed E-state index contributed by atoms with van der Waals surface area (Å²) >= 11 is 8.23. The normalized spacial score (nSPS) is 11.2. The van der Waals surface area contributed by atoms with Gasteiger partial charge < -0.3 is 10.1 Å². The van der Waals surface area contributed by atoms with Gasteiger partial charge in [-0.1, -0.05) is 22.9 Å². The van der Waals surface area contributed by atoms with Crippen LogP contribution in [-0.4, -0.2) is 34.5 Å². The lowest BCUT2D eigenvalue weighted by molar-refractivity contribution is -0.393. The number of fused-ring (bicyclic) bond motifs is 1. The number of tetrazole rings is 1. The Labute approximate surface area is 147 Å². The van der Waals surface area contributed by atoms with E-state index in [-0.39, 0.29) is 10.8 Å². The highest BCUT2D eigenvalue weighted by Gasteiger charge is 2.26. The molecule has 0 radical (unpaired) electrons. The third kappa shape index (κ3) is 2.52. The van der Waals surface area contributed by atoms with E-state index in [0.29, 0.717) is 20.8 Å². The van der Waals surface area contributed by atoms with Gasteiger partial charge in [0, 0.05) is 10.4 Å². The molecule has 0 N–H and O–H groups in total. The Hall–Kier alpha value is -2.50. The summed E-state index contributed by atoms with van der Waals surface area (Å²) in [5.41, 5.74) is 0.690. The van der Waals surface area contributed by atoms with Crippen LogP contribution in [0.25, 0.3) is 10.6 Å². The number of hydrogen-bond acceptors (Lipinski definition) is 8. The van der Waals surface area contributed by atoms with Crippen LogP contribution in [-0.2, 0) is 0 Å². The third-order valence-corrected chi connectivity index (χ3v) is 4.99. The molecule has 0 aliphatic rings. The summed E-state index contributed by atoms with van der Waals surface area (Å²) < 4.78 is 2.90. The van der Waals surface area contributed by atoms with Gasteiger partial charge in [0.05, 0.1) is 5.69 Å². The molecule has 24 heavy (non-hydrogen) atoms. The van der Waals surface area contributed by atoms with Gasteiger partial charge in [-0.05, 0) is 51.4 Å². The van der Waals surface area contributed by atoms with Crippen molar-refractivity contribution in [2.24, 2.45) is 0 Å². The number of aromatic nitrogens is 6. The molecule has 12 heteroatoms. The van der Waals surface area contributed by atoms with Crippen LogP contribution in [0, 0.1) is 10.1 Å². The van der Waals surface area contributed by atoms with Gasteiger partial charge in [0.2, 0.25) is 10.2 Å². The molecule has 0 unspecified atom stereocenters. The van der Waals surface area contributed by atoms with Crippen molar-refractivity contribution in [3.8, 4) is 5.69 Å². The van der Waals surface area contributed by atoms with E-state index in [1.54, 1.807) is 35.8 Å². The Morgan fingerprint density at radius 3 is 2.83 bits per heavy atom. The predicted octanol–water partition coefficient (Wildman–Crippen LogP) is 3.08. The van der Waals surface area contributed by atoms with Crippen LogP contribution in [0.2, 0.25) is 5.02 Å². The Morgan fingerprint density at radius 2 is 2.08 bits per heavy atom. The molecule has 1 aromatic carbocycles. The number of thiazole rings is 1. The smallest absolute Gasteiger partial charge is 0.358 e. The first kappa shape index (κ1) is 15.1. The largest absolute Gasteiger partial charge is 0.363 e. The van der Waals surface area contributed by atoms with Gasteiger partial charge in [-0.25, -0.2) is 0 Å². The van der Waals surface area contributed by atoms with Crippen molar-refractivity contribution in [3.63, 3.8) is 0 Å². The summed E-state index contributed by atoms with van der Waals surface area (Å²) in [4.78, 5) is 15.7. The Morgan fingerprint density at radius 1 is 1.29 bits per heavy atom. The molecule has 4 rings (SSSR count). The summed E-state index contributed by atoms with van der Waals surface area (Å²) in [7, 11) is 0. The molecule has 0 amide bonds. The van der Waals surface area contributed by atoms with Crippen LogP contribution in [0.1, 0.15) is 0 Å². The zero-order valence-corrected chi connectivity index (χ0v) is 14.0. The van der Waals surface area contributed by atoms with Gasteiger partial charge in [0.15, 0.2) is 0 Å². The topological polar surface area (TPSA) is 104 Å². The summed E-state index contributed by atoms with van der Waals surface area (Å²) in [6.07, 6.45) is 1.61. The number of imidazole rings is 1. The molecule has 9 nitrogen and oxygen atoms in total. The van der Waals surface area contributed by atoms with Gasteiger partial charge >= 0.3 is 5.82 Å². The fourth-order valence-electron chi connectivity index (χ4n) is 2.06. The van der Waals surface area contributed by atoms with Crippen LogP contribution in [0.5, 0.6) is 0 Å². The van der Waals surface area contributed by atoms with Gasteiger partial charge in [-0.2, -0.15) is 14.1 Å². The lowest BCUT2D eigenvalue weighted by Gasteiger charge is -2.03. The van der Waals surface area contributed by atoms with E-state index in [1.807, 2.05) is 0 Å². The van der Waals surface area contributed by atoms with E-state index in [0.717, 1.165) is 11.8 Å². The summed E-state index contributed by atoms with van der Waals surface area (Å²) in [5, 5.41) is 25.8. The minimum atomic E-state index is -0.467. The molecule has 0 aliphatic heterocycles. The van der Waals surface area contributed by atoms with E-state index in [9.17, 15) is 10.1 Å². The fraction of sp³-hybridized carbons (Fsp3) is 0. The molecule has 0 saturated heterocycles. The zero-order chi connectivity index (χ0) is 16.7. The highest BCUT2D eigenvalue weighted by molar-refractivity contribution is 7.99. The average molecular weight is 380 g/mol. The van der Waals surface area contributed by atoms with Gasteiger partial charge in [-0.3, -0.25) is 0 Å². The van der Waals surface area contributed by atoms with Crippen molar-refractivity contribution in [1.29, 1.82) is 0 Å². The van der Waals surface area contributed by atoms with E-state index in [2.05, 4.69) is 20.5 Å². The molecular weight excluding hydrogens is 374 g/mol. The van der Waals surface area contributed by atoms with Crippen LogP contribution < -0.4 is 0 Å². The molecule has 0 aliphatic carbocycles. The Kier molecular flexibility index (Phi) is 3.67. The molecular formula is C12H6ClN7O2S2. The van der Waals surface area contributed by atoms with Crippen LogP contribution in [0.3, 0.4) is 0 Å². The molecule has 3 aromatic heterocycles. The second-order valence-electron chi connectivity index (χ2n) is 4.50. The molecule has 0 atom stereocenters. The van der Waals surface area contributed by atoms with Crippen molar-refractivity contribution in [2.45, 2.75) is 10.2 Å². The van der Waals surface area contributed by atoms with Crippen molar-refractivity contribution in [3.05, 3.63) is 51.0 Å². The molecule has 0 fully saturated rings. The van der Waals surface area contributed by atoms with E-state index in [1.165, 1.54) is 20.4 Å². The number of hydrogen-bond donors (Lipinski definition) is 0. The maximum Gasteiger partial charge on any atom is 0.363 e. The van der Waals surface area contributed by atoms with Crippen molar-refractivity contribution < 1.29 is 4.92 Å². The molecule has 0 bridgehead atoms. The monoisotopic (exact) mass is 379 g/mol. The molecule has 0 saturated carbocycles. The highest BCUT2D eigenvalue weighted by atomic mass is 35.5. The fourth-order valence-corrected chi connectivity index (χ4v) is 3.83. The summed E-state index contributed by atoms with van der Waals surface area (Å²) in [6.45, 7) is 0. The Balaban J connectivity index is 1.76. The quantitative estimate of drug-likeness (QED) is 0.396. The van der Waals surface area contributed by atoms with Crippen molar-refractivity contribution >= 4 is 45.5 Å². The molecule has 120 valence electrons. The third-order valence-electron chi connectivity index (χ3n) is 3.08. The highest BCUT2D eigenvalue weighted by Crippen LogP contribution is 2.35. The van der Waals surface area contributed by atoms with Crippen LogP contribution in [0.4, 0.5) is 5.82 Å². The zero-order valence-electron chi connectivity index (χ0n) is 11.6. The lowest BCUT2D eigenvalue weighted by atomic mass is 10.3. The van der Waals surface area contributed by atoms with Crippen LogP contribution >= 0.6 is 34.7 Å². The van der Waals surface area contributed by atoms with E-state index < -0.39 is 4.92 Å². The lowest BCUT2D eigenvalue weighted by Crippen LogP contribution is -1.99. The Bertz CT molecular complexity index is 1040. The minimum Gasteiger partial charge on any atom is -0.358 e. The van der Waals surface area contributed by atoms with E-state index in [4.69, 9.17) is 11.6 Å². The van der Waals surface area contributed by atoms with E-state index >= 15 is 0 Å². The average Bonchev–Trinajstić information content (AvgIpc) is 3.23. The SMILES string of the molecule is O=[N+]([O-])c1c(Sc2nnnn2-c2ccc(Cl)cc2)nc2sccn12. The van der Waals surface area contributed by atoms with Crippen molar-refractivity contribution in [2.75, 3.05) is 0 Å². The maximum absolute atomic E-state index is 11.4. The number of benzene rings is 1. The standard InChI is InChI=1S/C12H6ClN7O2S2/c13-7-1-3-8(4-2-7)19-12(15-16-17-19)24-9-10(20(21)22)18-5-6-23-11(18)14-9/h1-6H. The maximum atomic E-state index is 11.4. The predicted molar refractivity (Wildman–Crippen MR) is 88.0 cm³/mol. The second-order valence-corrected chi connectivity index (χ2v) is 6.77. The molecule has 0 spiro atoms. The number of halogens is 1. The van der Waals surface area contributed by atoms with Gasteiger partial charge in [0.25, 0.3) is 4.96 Å². The molecule has 3 heterocycles. The second kappa shape index (κ2) is 5.85. The number of nitro groups is 1. The first-order chi connectivity index (χ1) is 11.6. The number of rotatable bonds is 4. The van der Waals surface area contributed by atoms with Crippen LogP contribution in [0.15, 0.2) is 46.0 Å². The van der Waals surface area contributed by atoms with Gasteiger partial charge in [0.1, 0.15) is 6.20 Å². The van der Waals surface area contributed by atoms with Gasteiger partial charge in [-0.15, -0.1) is 5.10 Å². The summed E-state index contributed by atoms with van der Waals surface area (Å²) in [5.74, 6) is -0.109. The van der Waals surface area contributed by atoms with Crippen molar-refractivity contribution in [1.82, 2.24) is 29.6 Å². The first-order valence-corrected chi connectivity index (χ1v) is 8.53. The minimum absolute atomic E-state index is 0.109. The first-order valence-electron chi connectivity index (χ1n) is 6.45.